The van der Waals surface area contributed by atoms with Crippen molar-refractivity contribution in [3.8, 4) is 17.4 Å². The van der Waals surface area contributed by atoms with E-state index in [-0.39, 0.29) is 11.4 Å². The number of aromatic nitrogens is 3. The maximum Gasteiger partial charge on any atom is 0.263 e. The summed E-state index contributed by atoms with van der Waals surface area (Å²) in [6.07, 6.45) is 0.713. The third-order valence-corrected chi connectivity index (χ3v) is 6.28. The number of benzene rings is 1. The van der Waals surface area contributed by atoms with Gasteiger partial charge < -0.3 is 19.7 Å². The van der Waals surface area contributed by atoms with Crippen LogP contribution in [0.15, 0.2) is 24.3 Å². The molecular formula is C21H23N5O3S. The number of fused-ring (bicyclic) bond motifs is 2. The second kappa shape index (κ2) is 6.73. The van der Waals surface area contributed by atoms with E-state index in [2.05, 4.69) is 15.3 Å². The number of rotatable bonds is 3. The number of nitrogens with one attached hydrogen (secondary N) is 1. The second-order valence-electron chi connectivity index (χ2n) is 8.27. The molecule has 5 rings (SSSR count). The van der Waals surface area contributed by atoms with Crippen molar-refractivity contribution in [1.82, 2.24) is 20.1 Å². The van der Waals surface area contributed by atoms with Crippen molar-refractivity contribution in [3.05, 3.63) is 40.5 Å². The SMILES string of the molecule is Cc1cc(Oc2ccc3c(c2)N(c2nc4c(s2)C(=O)NC(C)(C)C4)CCO3)n(C)n1. The third kappa shape index (κ3) is 3.28. The van der Waals surface area contributed by atoms with Crippen molar-refractivity contribution >= 4 is 28.1 Å². The Bertz CT molecular complexity index is 1150. The van der Waals surface area contributed by atoms with Crippen LogP contribution in [-0.2, 0) is 13.5 Å². The van der Waals surface area contributed by atoms with Crippen LogP contribution in [0.2, 0.25) is 0 Å². The monoisotopic (exact) mass is 425 g/mol. The van der Waals surface area contributed by atoms with Gasteiger partial charge in [0, 0.05) is 31.1 Å². The van der Waals surface area contributed by atoms with Gasteiger partial charge in [-0.3, -0.25) is 4.79 Å². The Balaban J connectivity index is 1.50. The highest BCUT2D eigenvalue weighted by Crippen LogP contribution is 2.42. The van der Waals surface area contributed by atoms with Gasteiger partial charge >= 0.3 is 0 Å². The number of carbonyl (C=O) groups excluding carboxylic acids is 1. The van der Waals surface area contributed by atoms with E-state index in [9.17, 15) is 4.79 Å². The minimum absolute atomic E-state index is 0.0536. The molecule has 1 N–H and O–H groups in total. The summed E-state index contributed by atoms with van der Waals surface area (Å²) in [5.41, 5.74) is 2.34. The molecule has 0 bridgehead atoms. The van der Waals surface area contributed by atoms with Crippen molar-refractivity contribution in [2.24, 2.45) is 7.05 Å². The molecule has 0 unspecified atom stereocenters. The number of hydrogen-bond donors (Lipinski definition) is 1. The molecule has 0 radical (unpaired) electrons. The molecule has 2 aliphatic rings. The van der Waals surface area contributed by atoms with Gasteiger partial charge in [0.2, 0.25) is 5.88 Å². The molecule has 9 heteroatoms. The number of thiazole rings is 1. The molecule has 156 valence electrons. The zero-order chi connectivity index (χ0) is 21.0. The van der Waals surface area contributed by atoms with Gasteiger partial charge in [-0.2, -0.15) is 5.10 Å². The van der Waals surface area contributed by atoms with Crippen LogP contribution in [0.5, 0.6) is 17.4 Å². The summed E-state index contributed by atoms with van der Waals surface area (Å²) in [5.74, 6) is 2.07. The van der Waals surface area contributed by atoms with E-state index < -0.39 is 0 Å². The van der Waals surface area contributed by atoms with Gasteiger partial charge in [-0.1, -0.05) is 11.3 Å². The highest BCUT2D eigenvalue weighted by atomic mass is 32.1. The van der Waals surface area contributed by atoms with Crippen LogP contribution in [0.3, 0.4) is 0 Å². The number of hydrogen-bond acceptors (Lipinski definition) is 7. The average Bonchev–Trinajstić information content (AvgIpc) is 3.23. The Morgan fingerprint density at radius 1 is 1.30 bits per heavy atom. The van der Waals surface area contributed by atoms with Gasteiger partial charge in [0.25, 0.3) is 5.91 Å². The predicted molar refractivity (Wildman–Crippen MR) is 114 cm³/mol. The fourth-order valence-electron chi connectivity index (χ4n) is 3.84. The molecule has 2 aliphatic heterocycles. The maximum absolute atomic E-state index is 12.5. The van der Waals surface area contributed by atoms with Gasteiger partial charge in [-0.15, -0.1) is 0 Å². The van der Waals surface area contributed by atoms with Crippen LogP contribution in [0, 0.1) is 6.92 Å². The molecule has 3 aromatic rings. The summed E-state index contributed by atoms with van der Waals surface area (Å²) >= 11 is 1.42. The van der Waals surface area contributed by atoms with Crippen LogP contribution in [0.25, 0.3) is 0 Å². The minimum Gasteiger partial charge on any atom is -0.490 e. The zero-order valence-electron chi connectivity index (χ0n) is 17.4. The summed E-state index contributed by atoms with van der Waals surface area (Å²) in [4.78, 5) is 20.1. The van der Waals surface area contributed by atoms with E-state index in [4.69, 9.17) is 14.5 Å². The molecule has 0 saturated heterocycles. The number of anilines is 2. The first-order valence-electron chi connectivity index (χ1n) is 9.84. The fraction of sp³-hybridized carbons (Fsp3) is 0.381. The maximum atomic E-state index is 12.5. The van der Waals surface area contributed by atoms with E-state index in [1.165, 1.54) is 11.3 Å². The standard InChI is InChI=1S/C21H23N5O3S/c1-12-9-17(25(4)24-12)29-13-5-6-16-15(10-13)26(7-8-28-16)20-22-14-11-21(2,3)23-19(27)18(14)30-20/h5-6,9-10H,7-8,11H2,1-4H3,(H,23,27). The molecule has 0 aliphatic carbocycles. The second-order valence-corrected chi connectivity index (χ2v) is 9.24. The number of amides is 1. The van der Waals surface area contributed by atoms with Gasteiger partial charge in [0.15, 0.2) is 5.13 Å². The summed E-state index contributed by atoms with van der Waals surface area (Å²) in [7, 11) is 1.85. The number of aryl methyl sites for hydroxylation is 2. The summed E-state index contributed by atoms with van der Waals surface area (Å²) in [6, 6.07) is 7.63. The van der Waals surface area contributed by atoms with Gasteiger partial charge in [-0.25, -0.2) is 9.67 Å². The predicted octanol–water partition coefficient (Wildman–Crippen LogP) is 3.57. The summed E-state index contributed by atoms with van der Waals surface area (Å²) in [5, 5.41) is 8.17. The van der Waals surface area contributed by atoms with E-state index >= 15 is 0 Å². The molecule has 30 heavy (non-hydrogen) atoms. The Morgan fingerprint density at radius 3 is 2.90 bits per heavy atom. The van der Waals surface area contributed by atoms with E-state index in [1.54, 1.807) is 4.68 Å². The Kier molecular flexibility index (Phi) is 4.25. The molecule has 1 amide bonds. The van der Waals surface area contributed by atoms with Crippen LogP contribution in [0.1, 0.15) is 34.9 Å². The molecule has 0 fully saturated rings. The Hall–Kier alpha value is -3.07. The van der Waals surface area contributed by atoms with Crippen molar-refractivity contribution in [2.45, 2.75) is 32.7 Å². The zero-order valence-corrected chi connectivity index (χ0v) is 18.2. The lowest BCUT2D eigenvalue weighted by atomic mass is 9.94. The Morgan fingerprint density at radius 2 is 2.13 bits per heavy atom. The lowest BCUT2D eigenvalue weighted by Gasteiger charge is -2.29. The van der Waals surface area contributed by atoms with Crippen LogP contribution < -0.4 is 19.7 Å². The third-order valence-electron chi connectivity index (χ3n) is 5.16. The van der Waals surface area contributed by atoms with E-state index in [1.807, 2.05) is 52.1 Å². The Labute approximate surface area is 178 Å². The average molecular weight is 426 g/mol. The first-order chi connectivity index (χ1) is 14.3. The number of carbonyl (C=O) groups is 1. The van der Waals surface area contributed by atoms with Gasteiger partial charge in [0.1, 0.15) is 23.0 Å². The van der Waals surface area contributed by atoms with Gasteiger partial charge in [0.05, 0.1) is 23.6 Å². The smallest absolute Gasteiger partial charge is 0.263 e. The minimum atomic E-state index is -0.291. The first-order valence-corrected chi connectivity index (χ1v) is 10.7. The highest BCUT2D eigenvalue weighted by molar-refractivity contribution is 7.17. The quantitative estimate of drug-likeness (QED) is 0.691. The van der Waals surface area contributed by atoms with Crippen molar-refractivity contribution in [3.63, 3.8) is 0 Å². The molecule has 0 atom stereocenters. The molecule has 0 saturated carbocycles. The van der Waals surface area contributed by atoms with Crippen LogP contribution in [-0.4, -0.2) is 39.4 Å². The molecule has 0 spiro atoms. The van der Waals surface area contributed by atoms with Crippen LogP contribution in [0.4, 0.5) is 10.8 Å². The van der Waals surface area contributed by atoms with E-state index in [0.717, 1.165) is 28.0 Å². The first kappa shape index (κ1) is 18.9. The molecule has 4 heterocycles. The van der Waals surface area contributed by atoms with E-state index in [0.29, 0.717) is 36.1 Å². The van der Waals surface area contributed by atoms with Crippen molar-refractivity contribution in [2.75, 3.05) is 18.1 Å². The molecule has 1 aromatic carbocycles. The van der Waals surface area contributed by atoms with Crippen molar-refractivity contribution < 1.29 is 14.3 Å². The summed E-state index contributed by atoms with van der Waals surface area (Å²) < 4.78 is 13.6. The highest BCUT2D eigenvalue weighted by Gasteiger charge is 2.34. The topological polar surface area (TPSA) is 81.5 Å². The van der Waals surface area contributed by atoms with Gasteiger partial charge in [-0.05, 0) is 32.9 Å². The number of nitrogens with zero attached hydrogens (tertiary/aromatic N) is 4. The molecular weight excluding hydrogens is 402 g/mol. The normalized spacial score (nSPS) is 17.1. The molecule has 8 nitrogen and oxygen atoms in total. The van der Waals surface area contributed by atoms with Crippen molar-refractivity contribution in [1.29, 1.82) is 0 Å². The lowest BCUT2D eigenvalue weighted by molar-refractivity contribution is 0.0901. The summed E-state index contributed by atoms with van der Waals surface area (Å²) in [6.45, 7) is 7.16. The van der Waals surface area contributed by atoms with Crippen LogP contribution >= 0.6 is 11.3 Å². The number of ether oxygens (including phenoxy) is 2. The lowest BCUT2D eigenvalue weighted by Crippen LogP contribution is -2.48. The molecule has 2 aromatic heterocycles. The fourth-order valence-corrected chi connectivity index (χ4v) is 4.86. The largest absolute Gasteiger partial charge is 0.490 e.